The van der Waals surface area contributed by atoms with Gasteiger partial charge in [-0.15, -0.1) is 0 Å². The number of fused-ring (bicyclic) bond motifs is 10. The third kappa shape index (κ3) is 8.40. The topological polar surface area (TPSA) is 96.5 Å². The van der Waals surface area contributed by atoms with Crippen molar-refractivity contribution in [2.75, 3.05) is 0 Å². The van der Waals surface area contributed by atoms with E-state index in [4.69, 9.17) is 4.74 Å². The summed E-state index contributed by atoms with van der Waals surface area (Å²) in [6.07, 6.45) is 6.36. The van der Waals surface area contributed by atoms with Crippen LogP contribution < -0.4 is 20.7 Å². The molecule has 0 fully saturated rings. The third-order valence-electron chi connectivity index (χ3n) is 5.19. The van der Waals surface area contributed by atoms with Gasteiger partial charge >= 0.3 is 0 Å². The highest BCUT2D eigenvalue weighted by Crippen LogP contribution is 2.21. The van der Waals surface area contributed by atoms with Gasteiger partial charge in [0.05, 0.1) is 0 Å². The first kappa shape index (κ1) is 26.2. The van der Waals surface area contributed by atoms with Crippen molar-refractivity contribution in [2.45, 2.75) is 66.2 Å². The van der Waals surface area contributed by atoms with Gasteiger partial charge in [-0.1, -0.05) is 59.8 Å². The number of amides is 3. The van der Waals surface area contributed by atoms with Crippen LogP contribution in [-0.4, -0.2) is 35.9 Å². The van der Waals surface area contributed by atoms with E-state index in [0.29, 0.717) is 12.2 Å². The predicted octanol–water partition coefficient (Wildman–Crippen LogP) is 3.42. The predicted molar refractivity (Wildman–Crippen MR) is 130 cm³/mol. The van der Waals surface area contributed by atoms with E-state index in [1.165, 1.54) is 6.08 Å². The van der Waals surface area contributed by atoms with Gasteiger partial charge in [-0.25, -0.2) is 0 Å². The Labute approximate surface area is 197 Å². The van der Waals surface area contributed by atoms with Crippen LogP contribution in [0.2, 0.25) is 0 Å². The molecule has 0 saturated carbocycles. The van der Waals surface area contributed by atoms with Crippen LogP contribution in [-0.2, 0) is 14.4 Å². The first-order valence-electron chi connectivity index (χ1n) is 11.6. The normalized spacial score (nSPS) is 22.8. The highest BCUT2D eigenvalue weighted by atomic mass is 16.5. The van der Waals surface area contributed by atoms with Crippen LogP contribution >= 0.6 is 0 Å². The summed E-state index contributed by atoms with van der Waals surface area (Å²) >= 11 is 0. The number of nitrogens with one attached hydrogen (secondary N) is 3. The quantitative estimate of drug-likeness (QED) is 0.573. The second-order valence-electron chi connectivity index (χ2n) is 9.52. The molecule has 0 radical (unpaired) electrons. The van der Waals surface area contributed by atoms with E-state index in [1.54, 1.807) is 30.5 Å². The van der Waals surface area contributed by atoms with Gasteiger partial charge in [0.15, 0.2) is 0 Å². The zero-order valence-corrected chi connectivity index (χ0v) is 20.4. The molecule has 3 N–H and O–H groups in total. The summed E-state index contributed by atoms with van der Waals surface area (Å²) in [6.45, 7) is 11.8. The SMILES string of the molecule is CC(C)/C=C/C(=O)N[C@@H]1C(=O)N[C@@H](CC(C)C)C(=O)N/C=C/c2ccc(cc2)O[C@H]1C(C)C. The van der Waals surface area contributed by atoms with Gasteiger partial charge in [-0.3, -0.25) is 14.4 Å². The van der Waals surface area contributed by atoms with Crippen LogP contribution in [0.5, 0.6) is 5.75 Å². The molecule has 7 heteroatoms. The molecule has 0 unspecified atom stereocenters. The Kier molecular flexibility index (Phi) is 9.70. The fourth-order valence-corrected chi connectivity index (χ4v) is 3.47. The lowest BCUT2D eigenvalue weighted by Gasteiger charge is -2.32. The summed E-state index contributed by atoms with van der Waals surface area (Å²) in [7, 11) is 0. The van der Waals surface area contributed by atoms with Crippen LogP contribution in [0.4, 0.5) is 0 Å². The fraction of sp³-hybridized carbons (Fsp3) is 0.500. The van der Waals surface area contributed by atoms with E-state index in [-0.39, 0.29) is 29.6 Å². The third-order valence-corrected chi connectivity index (χ3v) is 5.19. The number of carbonyl (C=O) groups is 3. The molecule has 180 valence electrons. The molecule has 7 nitrogen and oxygen atoms in total. The largest absolute Gasteiger partial charge is 0.487 e. The Hall–Kier alpha value is -3.09. The Morgan fingerprint density at radius 2 is 1.73 bits per heavy atom. The number of hydrogen-bond donors (Lipinski definition) is 3. The van der Waals surface area contributed by atoms with Gasteiger partial charge in [-0.05, 0) is 54.0 Å². The monoisotopic (exact) mass is 455 g/mol. The Balaban J connectivity index is 2.46. The van der Waals surface area contributed by atoms with Gasteiger partial charge in [-0.2, -0.15) is 0 Å². The molecule has 3 rings (SSSR count). The lowest BCUT2D eigenvalue weighted by atomic mass is 9.96. The molecule has 1 aromatic rings. The van der Waals surface area contributed by atoms with Crippen molar-refractivity contribution in [1.29, 1.82) is 0 Å². The van der Waals surface area contributed by atoms with E-state index in [0.717, 1.165) is 5.56 Å². The molecule has 0 saturated heterocycles. The molecule has 3 atom stereocenters. The molecule has 0 spiro atoms. The molecule has 1 aromatic carbocycles. The summed E-state index contributed by atoms with van der Waals surface area (Å²) in [5.41, 5.74) is 0.897. The van der Waals surface area contributed by atoms with E-state index in [1.807, 2.05) is 53.7 Å². The maximum atomic E-state index is 13.4. The van der Waals surface area contributed by atoms with Gasteiger partial charge in [0.25, 0.3) is 0 Å². The fourth-order valence-electron chi connectivity index (χ4n) is 3.47. The smallest absolute Gasteiger partial charge is 0.247 e. The lowest BCUT2D eigenvalue weighted by molar-refractivity contribution is -0.133. The molecule has 2 heterocycles. The van der Waals surface area contributed by atoms with Crippen molar-refractivity contribution >= 4 is 23.8 Å². The highest BCUT2D eigenvalue weighted by molar-refractivity contribution is 5.95. The Morgan fingerprint density at radius 3 is 2.30 bits per heavy atom. The summed E-state index contributed by atoms with van der Waals surface area (Å²) in [4.78, 5) is 38.9. The molecule has 0 aromatic heterocycles. The maximum absolute atomic E-state index is 13.4. The van der Waals surface area contributed by atoms with Crippen molar-refractivity contribution < 1.29 is 19.1 Å². The number of hydrogen-bond acceptors (Lipinski definition) is 4. The van der Waals surface area contributed by atoms with Gasteiger partial charge in [0.1, 0.15) is 23.9 Å². The minimum Gasteiger partial charge on any atom is -0.487 e. The summed E-state index contributed by atoms with van der Waals surface area (Å²) < 4.78 is 6.20. The van der Waals surface area contributed by atoms with Gasteiger partial charge < -0.3 is 20.7 Å². The average Bonchev–Trinajstić information content (AvgIpc) is 2.74. The van der Waals surface area contributed by atoms with E-state index in [2.05, 4.69) is 16.0 Å². The van der Waals surface area contributed by atoms with Crippen LogP contribution in [0.3, 0.4) is 0 Å². The number of rotatable bonds is 6. The highest BCUT2D eigenvalue weighted by Gasteiger charge is 2.36. The molecule has 2 aliphatic rings. The van der Waals surface area contributed by atoms with Crippen LogP contribution in [0, 0.1) is 17.8 Å². The molecular weight excluding hydrogens is 418 g/mol. The molecule has 2 bridgehead atoms. The van der Waals surface area contributed by atoms with E-state index >= 15 is 0 Å². The standard InChI is InChI=1S/C26H37N3O4/c1-16(2)7-12-22(30)29-23-24(18(5)6)33-20-10-8-19(9-11-20)13-14-27-25(31)21(15-17(3)4)28-26(23)32/h7-14,16-18,21,23-24H,15H2,1-6H3,(H,27,31)(H,28,32)(H,29,30)/b12-7+,14-13+/t21-,23-,24-/m0/s1. The van der Waals surface area contributed by atoms with E-state index in [9.17, 15) is 14.4 Å². The number of ether oxygens (including phenoxy) is 1. The van der Waals surface area contributed by atoms with Crippen molar-refractivity contribution in [2.24, 2.45) is 17.8 Å². The zero-order valence-electron chi connectivity index (χ0n) is 20.4. The maximum Gasteiger partial charge on any atom is 0.247 e. The van der Waals surface area contributed by atoms with Gasteiger partial charge in [0.2, 0.25) is 17.7 Å². The molecule has 3 amide bonds. The van der Waals surface area contributed by atoms with Crippen molar-refractivity contribution in [1.82, 2.24) is 16.0 Å². The summed E-state index contributed by atoms with van der Waals surface area (Å²) in [5.74, 6) is -0.295. The van der Waals surface area contributed by atoms with Gasteiger partial charge in [0, 0.05) is 6.20 Å². The summed E-state index contributed by atoms with van der Waals surface area (Å²) in [6, 6.07) is 5.61. The van der Waals surface area contributed by atoms with Crippen LogP contribution in [0.1, 0.15) is 53.5 Å². The second kappa shape index (κ2) is 12.2. The van der Waals surface area contributed by atoms with Crippen molar-refractivity contribution in [3.63, 3.8) is 0 Å². The van der Waals surface area contributed by atoms with Crippen molar-refractivity contribution in [3.05, 3.63) is 48.2 Å². The second-order valence-corrected chi connectivity index (χ2v) is 9.52. The molecule has 2 aliphatic heterocycles. The Morgan fingerprint density at radius 1 is 1.06 bits per heavy atom. The average molecular weight is 456 g/mol. The molecule has 0 aliphatic carbocycles. The lowest BCUT2D eigenvalue weighted by Crippen LogP contribution is -2.59. The Bertz CT molecular complexity index is 872. The van der Waals surface area contributed by atoms with Crippen LogP contribution in [0.15, 0.2) is 42.6 Å². The number of benzene rings is 1. The molecule has 33 heavy (non-hydrogen) atoms. The zero-order chi connectivity index (χ0) is 24.5. The summed E-state index contributed by atoms with van der Waals surface area (Å²) in [5, 5.41) is 8.41. The number of carbonyl (C=O) groups excluding carboxylic acids is 3. The molecular formula is C26H37N3O4. The first-order valence-corrected chi connectivity index (χ1v) is 11.6. The van der Waals surface area contributed by atoms with Crippen LogP contribution in [0.25, 0.3) is 6.08 Å². The van der Waals surface area contributed by atoms with Crippen molar-refractivity contribution in [3.8, 4) is 5.75 Å². The number of allylic oxidation sites excluding steroid dienone is 1. The van der Waals surface area contributed by atoms with E-state index < -0.39 is 24.1 Å². The first-order chi connectivity index (χ1) is 15.6. The minimum absolute atomic E-state index is 0.0972. The minimum atomic E-state index is -0.991.